The fourth-order valence-corrected chi connectivity index (χ4v) is 4.69. The van der Waals surface area contributed by atoms with Crippen molar-refractivity contribution in [3.63, 3.8) is 0 Å². The standard InChI is InChI=1S/C19H17ClFNS2/c1-12-4-3-5-13(2)19(12)24-11-16-10-23-18(22-16)8-14-6-7-15(21)9-17(14)20/h3-7,9-10H,8,11H2,1-2H3. The third-order valence-corrected chi connectivity index (χ3v) is 6.35. The lowest BCUT2D eigenvalue weighted by Gasteiger charge is -2.07. The molecule has 0 aliphatic carbocycles. The minimum atomic E-state index is -0.312. The lowest BCUT2D eigenvalue weighted by atomic mass is 10.1. The van der Waals surface area contributed by atoms with Crippen LogP contribution in [-0.4, -0.2) is 4.98 Å². The van der Waals surface area contributed by atoms with Gasteiger partial charge in [-0.15, -0.1) is 23.1 Å². The number of aryl methyl sites for hydroxylation is 2. The highest BCUT2D eigenvalue weighted by molar-refractivity contribution is 7.98. The zero-order chi connectivity index (χ0) is 17.1. The van der Waals surface area contributed by atoms with Crippen LogP contribution in [0.1, 0.15) is 27.4 Å². The largest absolute Gasteiger partial charge is 0.245 e. The van der Waals surface area contributed by atoms with Gasteiger partial charge in [0.15, 0.2) is 0 Å². The van der Waals surface area contributed by atoms with Gasteiger partial charge in [0.25, 0.3) is 0 Å². The molecule has 0 unspecified atom stereocenters. The molecule has 0 saturated carbocycles. The van der Waals surface area contributed by atoms with Gasteiger partial charge in [0, 0.05) is 27.5 Å². The van der Waals surface area contributed by atoms with E-state index in [1.165, 1.54) is 28.2 Å². The van der Waals surface area contributed by atoms with Gasteiger partial charge < -0.3 is 0 Å². The minimum Gasteiger partial charge on any atom is -0.245 e. The molecular weight excluding hydrogens is 361 g/mol. The second-order valence-corrected chi connectivity index (χ2v) is 7.99. The third-order valence-electron chi connectivity index (χ3n) is 3.73. The Morgan fingerprint density at radius 3 is 2.62 bits per heavy atom. The molecule has 0 spiro atoms. The number of hydrogen-bond acceptors (Lipinski definition) is 3. The van der Waals surface area contributed by atoms with E-state index in [9.17, 15) is 4.39 Å². The minimum absolute atomic E-state index is 0.312. The first-order chi connectivity index (χ1) is 11.5. The Morgan fingerprint density at radius 1 is 1.17 bits per heavy atom. The normalized spacial score (nSPS) is 11.0. The summed E-state index contributed by atoms with van der Waals surface area (Å²) in [5.74, 6) is 0.535. The molecule has 0 bridgehead atoms. The summed E-state index contributed by atoms with van der Waals surface area (Å²) in [4.78, 5) is 6.02. The summed E-state index contributed by atoms with van der Waals surface area (Å²) in [6, 6.07) is 10.9. The van der Waals surface area contributed by atoms with E-state index in [-0.39, 0.29) is 5.82 Å². The Kier molecular flexibility index (Phi) is 5.59. The van der Waals surface area contributed by atoms with Gasteiger partial charge in [0.2, 0.25) is 0 Å². The molecule has 0 saturated heterocycles. The summed E-state index contributed by atoms with van der Waals surface area (Å²) >= 11 is 9.54. The van der Waals surface area contributed by atoms with Gasteiger partial charge >= 0.3 is 0 Å². The van der Waals surface area contributed by atoms with Gasteiger partial charge in [-0.1, -0.05) is 35.9 Å². The molecule has 0 radical (unpaired) electrons. The average molecular weight is 378 g/mol. The Labute approximate surface area is 154 Å². The number of thiazole rings is 1. The van der Waals surface area contributed by atoms with Crippen molar-refractivity contribution >= 4 is 34.7 Å². The highest BCUT2D eigenvalue weighted by Gasteiger charge is 2.09. The van der Waals surface area contributed by atoms with Crippen molar-refractivity contribution in [2.45, 2.75) is 30.9 Å². The molecule has 3 aromatic rings. The number of benzene rings is 2. The summed E-state index contributed by atoms with van der Waals surface area (Å²) < 4.78 is 13.1. The molecule has 3 rings (SSSR count). The molecule has 1 nitrogen and oxygen atoms in total. The average Bonchev–Trinajstić information content (AvgIpc) is 2.97. The van der Waals surface area contributed by atoms with E-state index in [0.717, 1.165) is 22.0 Å². The summed E-state index contributed by atoms with van der Waals surface area (Å²) in [5.41, 5.74) is 4.57. The van der Waals surface area contributed by atoms with Gasteiger partial charge in [-0.2, -0.15) is 0 Å². The van der Waals surface area contributed by atoms with Crippen molar-refractivity contribution in [2.75, 3.05) is 0 Å². The molecule has 24 heavy (non-hydrogen) atoms. The van der Waals surface area contributed by atoms with Gasteiger partial charge in [0.1, 0.15) is 5.82 Å². The van der Waals surface area contributed by atoms with Crippen LogP contribution in [0, 0.1) is 19.7 Å². The van der Waals surface area contributed by atoms with E-state index < -0.39 is 0 Å². The van der Waals surface area contributed by atoms with Gasteiger partial charge in [-0.05, 0) is 42.7 Å². The second-order valence-electron chi connectivity index (χ2n) is 5.65. The topological polar surface area (TPSA) is 12.9 Å². The maximum atomic E-state index is 13.1. The quantitative estimate of drug-likeness (QED) is 0.475. The van der Waals surface area contributed by atoms with Crippen LogP contribution in [0.2, 0.25) is 5.02 Å². The molecule has 0 N–H and O–H groups in total. The smallest absolute Gasteiger partial charge is 0.124 e. The van der Waals surface area contributed by atoms with Crippen molar-refractivity contribution in [3.8, 4) is 0 Å². The van der Waals surface area contributed by atoms with Crippen molar-refractivity contribution < 1.29 is 4.39 Å². The van der Waals surface area contributed by atoms with Crippen molar-refractivity contribution in [1.29, 1.82) is 0 Å². The molecule has 0 amide bonds. The highest BCUT2D eigenvalue weighted by atomic mass is 35.5. The van der Waals surface area contributed by atoms with Crippen LogP contribution >= 0.6 is 34.7 Å². The first-order valence-corrected chi connectivity index (χ1v) is 9.83. The van der Waals surface area contributed by atoms with Gasteiger partial charge in [-0.25, -0.2) is 9.37 Å². The zero-order valence-corrected chi connectivity index (χ0v) is 15.9. The van der Waals surface area contributed by atoms with E-state index in [0.29, 0.717) is 11.4 Å². The van der Waals surface area contributed by atoms with Gasteiger partial charge in [-0.3, -0.25) is 0 Å². The van der Waals surface area contributed by atoms with Crippen LogP contribution in [0.15, 0.2) is 46.7 Å². The van der Waals surface area contributed by atoms with Crippen LogP contribution in [0.3, 0.4) is 0 Å². The number of rotatable bonds is 5. The summed E-state index contributed by atoms with van der Waals surface area (Å²) in [6.45, 7) is 4.27. The number of hydrogen-bond donors (Lipinski definition) is 0. The Morgan fingerprint density at radius 2 is 1.92 bits per heavy atom. The monoisotopic (exact) mass is 377 g/mol. The Balaban J connectivity index is 1.67. The lowest BCUT2D eigenvalue weighted by molar-refractivity contribution is 0.627. The van der Waals surface area contributed by atoms with Crippen LogP contribution in [0.4, 0.5) is 4.39 Å². The molecular formula is C19H17ClFNS2. The van der Waals surface area contributed by atoms with E-state index >= 15 is 0 Å². The molecule has 0 fully saturated rings. The predicted octanol–water partition coefficient (Wildman–Crippen LogP) is 6.44. The van der Waals surface area contributed by atoms with Crippen molar-refractivity contribution in [3.05, 3.63) is 80.0 Å². The molecule has 1 heterocycles. The summed E-state index contributed by atoms with van der Waals surface area (Å²) in [7, 11) is 0. The molecule has 0 aliphatic rings. The number of aromatic nitrogens is 1. The fourth-order valence-electron chi connectivity index (χ4n) is 2.50. The zero-order valence-electron chi connectivity index (χ0n) is 13.5. The number of thioether (sulfide) groups is 1. The second kappa shape index (κ2) is 7.68. The molecule has 124 valence electrons. The Bertz CT molecular complexity index is 840. The van der Waals surface area contributed by atoms with E-state index in [1.54, 1.807) is 17.4 Å². The molecule has 2 aromatic carbocycles. The van der Waals surface area contributed by atoms with Crippen LogP contribution in [-0.2, 0) is 12.2 Å². The van der Waals surface area contributed by atoms with Crippen LogP contribution in [0.5, 0.6) is 0 Å². The number of nitrogens with zero attached hydrogens (tertiary/aromatic N) is 1. The van der Waals surface area contributed by atoms with E-state index in [4.69, 9.17) is 11.6 Å². The fraction of sp³-hybridized carbons (Fsp3) is 0.211. The van der Waals surface area contributed by atoms with Gasteiger partial charge in [0.05, 0.1) is 10.7 Å². The first-order valence-electron chi connectivity index (χ1n) is 7.59. The maximum absolute atomic E-state index is 13.1. The molecule has 5 heteroatoms. The summed E-state index contributed by atoms with van der Waals surface area (Å²) in [6.07, 6.45) is 0.637. The molecule has 0 atom stereocenters. The van der Waals surface area contributed by atoms with Crippen molar-refractivity contribution in [2.24, 2.45) is 0 Å². The molecule has 1 aromatic heterocycles. The summed E-state index contributed by atoms with van der Waals surface area (Å²) in [5, 5.41) is 3.55. The SMILES string of the molecule is Cc1cccc(C)c1SCc1csc(Cc2ccc(F)cc2Cl)n1. The number of halogens is 2. The lowest BCUT2D eigenvalue weighted by Crippen LogP contribution is -1.91. The first kappa shape index (κ1) is 17.5. The van der Waals surface area contributed by atoms with Crippen LogP contribution in [0.25, 0.3) is 0 Å². The van der Waals surface area contributed by atoms with E-state index in [2.05, 4.69) is 42.4 Å². The van der Waals surface area contributed by atoms with Crippen molar-refractivity contribution in [1.82, 2.24) is 4.98 Å². The maximum Gasteiger partial charge on any atom is 0.124 e. The van der Waals surface area contributed by atoms with Crippen LogP contribution < -0.4 is 0 Å². The predicted molar refractivity (Wildman–Crippen MR) is 102 cm³/mol. The highest BCUT2D eigenvalue weighted by Crippen LogP contribution is 2.30. The Hall–Kier alpha value is -1.36. The van der Waals surface area contributed by atoms with E-state index in [1.807, 2.05) is 11.8 Å². The third kappa shape index (κ3) is 4.18. The molecule has 0 aliphatic heterocycles.